The number of nitrogens with one attached hydrogen (secondary N) is 1. The first kappa shape index (κ1) is 20.5. The van der Waals surface area contributed by atoms with Crippen LogP contribution >= 0.6 is 24.0 Å². The van der Waals surface area contributed by atoms with Crippen LogP contribution < -0.4 is 5.32 Å². The van der Waals surface area contributed by atoms with Gasteiger partial charge >= 0.3 is 6.18 Å². The van der Waals surface area contributed by atoms with Crippen LogP contribution in [-0.2, 0) is 16.2 Å². The van der Waals surface area contributed by atoms with E-state index in [1.54, 1.807) is 0 Å². The van der Waals surface area contributed by atoms with Gasteiger partial charge in [-0.3, -0.25) is 0 Å². The topological polar surface area (TPSA) is 49.4 Å². The molecule has 0 radical (unpaired) electrons. The van der Waals surface area contributed by atoms with Crippen molar-refractivity contribution in [2.75, 3.05) is 20.1 Å². The highest BCUT2D eigenvalue weighted by Crippen LogP contribution is 2.37. The maximum atomic E-state index is 13.1. The van der Waals surface area contributed by atoms with Crippen molar-refractivity contribution in [3.63, 3.8) is 0 Å². The second-order valence-corrected chi connectivity index (χ2v) is 7.54. The predicted molar refractivity (Wildman–Crippen MR) is 84.5 cm³/mol. The molecule has 0 aromatic heterocycles. The lowest BCUT2D eigenvalue weighted by molar-refractivity contribution is -0.139. The molecule has 0 unspecified atom stereocenters. The summed E-state index contributed by atoms with van der Waals surface area (Å²) < 4.78 is 65.5. The van der Waals surface area contributed by atoms with Crippen LogP contribution in [0.4, 0.5) is 13.2 Å². The fourth-order valence-corrected chi connectivity index (χ4v) is 4.25. The number of piperidine rings is 1. The summed E-state index contributed by atoms with van der Waals surface area (Å²) in [4.78, 5) is -0.759. The molecule has 1 aromatic carbocycles. The van der Waals surface area contributed by atoms with Gasteiger partial charge in [-0.15, -0.1) is 12.4 Å². The average molecular weight is 393 g/mol. The highest BCUT2D eigenvalue weighted by atomic mass is 35.5. The fraction of sp³-hybridized carbons (Fsp3) is 0.538. The lowest BCUT2D eigenvalue weighted by atomic mass is 10.1. The van der Waals surface area contributed by atoms with Crippen molar-refractivity contribution in [2.45, 2.75) is 30.0 Å². The zero-order valence-electron chi connectivity index (χ0n) is 12.2. The Labute approximate surface area is 144 Å². The number of hydrogen-bond acceptors (Lipinski definition) is 3. The first-order chi connectivity index (χ1) is 10.1. The van der Waals surface area contributed by atoms with Gasteiger partial charge < -0.3 is 5.32 Å². The average Bonchev–Trinajstić information content (AvgIpc) is 2.46. The van der Waals surface area contributed by atoms with Crippen LogP contribution in [-0.4, -0.2) is 38.9 Å². The van der Waals surface area contributed by atoms with Crippen molar-refractivity contribution in [1.82, 2.24) is 9.62 Å². The van der Waals surface area contributed by atoms with Crippen LogP contribution in [0.25, 0.3) is 0 Å². The van der Waals surface area contributed by atoms with Crippen molar-refractivity contribution >= 4 is 34.0 Å². The molecule has 10 heteroatoms. The van der Waals surface area contributed by atoms with Crippen molar-refractivity contribution in [1.29, 1.82) is 0 Å². The Kier molecular flexibility index (Phi) is 6.74. The van der Waals surface area contributed by atoms with Crippen LogP contribution in [0.3, 0.4) is 0 Å². The van der Waals surface area contributed by atoms with E-state index in [4.69, 9.17) is 11.6 Å². The van der Waals surface area contributed by atoms with E-state index in [1.165, 1.54) is 7.05 Å². The Hall–Kier alpha value is -0.540. The fourth-order valence-electron chi connectivity index (χ4n) is 2.47. The number of sulfonamides is 1. The molecular formula is C13H17Cl2F3N2O2S. The van der Waals surface area contributed by atoms with Crippen molar-refractivity contribution in [2.24, 2.45) is 0 Å². The quantitative estimate of drug-likeness (QED) is 0.859. The highest BCUT2D eigenvalue weighted by Gasteiger charge is 2.40. The molecular weight excluding hydrogens is 376 g/mol. The van der Waals surface area contributed by atoms with E-state index in [0.717, 1.165) is 16.4 Å². The minimum Gasteiger partial charge on any atom is -0.317 e. The maximum absolute atomic E-state index is 13.1. The highest BCUT2D eigenvalue weighted by molar-refractivity contribution is 7.89. The number of alkyl halides is 3. The normalized spacial score (nSPS) is 17.1. The van der Waals surface area contributed by atoms with E-state index >= 15 is 0 Å². The number of benzene rings is 1. The Morgan fingerprint density at radius 1 is 1.26 bits per heavy atom. The van der Waals surface area contributed by atoms with E-state index < -0.39 is 26.7 Å². The summed E-state index contributed by atoms with van der Waals surface area (Å²) in [6.45, 7) is 1.27. The number of rotatable bonds is 3. The molecule has 1 aliphatic heterocycles. The molecule has 1 N–H and O–H groups in total. The summed E-state index contributed by atoms with van der Waals surface area (Å²) in [6.07, 6.45) is -3.67. The van der Waals surface area contributed by atoms with Gasteiger partial charge in [-0.2, -0.15) is 17.5 Å². The summed E-state index contributed by atoms with van der Waals surface area (Å²) in [7, 11) is -2.92. The smallest absolute Gasteiger partial charge is 0.317 e. The molecule has 0 saturated carbocycles. The molecule has 0 atom stereocenters. The summed E-state index contributed by atoms with van der Waals surface area (Å²) in [5.74, 6) is 0. The Morgan fingerprint density at radius 3 is 2.35 bits per heavy atom. The standard InChI is InChI=1S/C13H16ClF3N2O2S.ClH/c1-19(10-4-6-18-7-5-10)22(20,21)12-3-2-9(14)8-11(12)13(15,16)17;/h2-3,8,10,18H,4-7H2,1H3;1H. The Bertz CT molecular complexity index is 647. The van der Waals surface area contributed by atoms with E-state index in [1.807, 2.05) is 0 Å². The third kappa shape index (κ3) is 4.51. The molecule has 0 aliphatic carbocycles. The van der Waals surface area contributed by atoms with Gasteiger partial charge in [0.1, 0.15) is 0 Å². The minimum atomic E-state index is -4.79. The first-order valence-corrected chi connectivity index (χ1v) is 8.51. The van der Waals surface area contributed by atoms with Gasteiger partial charge in [-0.25, -0.2) is 8.42 Å². The monoisotopic (exact) mass is 392 g/mol. The molecule has 0 spiro atoms. The van der Waals surface area contributed by atoms with Gasteiger partial charge in [0.15, 0.2) is 0 Å². The molecule has 0 bridgehead atoms. The van der Waals surface area contributed by atoms with Crippen molar-refractivity contribution in [3.05, 3.63) is 28.8 Å². The number of halogens is 5. The molecule has 1 heterocycles. The zero-order valence-corrected chi connectivity index (χ0v) is 14.6. The van der Waals surface area contributed by atoms with E-state index in [-0.39, 0.29) is 23.5 Å². The van der Waals surface area contributed by atoms with Crippen LogP contribution in [0.5, 0.6) is 0 Å². The second kappa shape index (κ2) is 7.57. The third-order valence-electron chi connectivity index (χ3n) is 3.73. The van der Waals surface area contributed by atoms with Gasteiger partial charge in [-0.1, -0.05) is 11.6 Å². The zero-order chi connectivity index (χ0) is 16.5. The number of hydrogen-bond donors (Lipinski definition) is 1. The molecule has 1 fully saturated rings. The molecule has 4 nitrogen and oxygen atoms in total. The van der Waals surface area contributed by atoms with E-state index in [9.17, 15) is 21.6 Å². The molecule has 0 amide bonds. The second-order valence-electron chi connectivity index (χ2n) is 5.14. The van der Waals surface area contributed by atoms with Crippen LogP contribution in [0.1, 0.15) is 18.4 Å². The van der Waals surface area contributed by atoms with Crippen molar-refractivity contribution in [3.8, 4) is 0 Å². The minimum absolute atomic E-state index is 0. The SMILES string of the molecule is CN(C1CCNCC1)S(=O)(=O)c1ccc(Cl)cc1C(F)(F)F.Cl. The first-order valence-electron chi connectivity index (χ1n) is 6.69. The summed E-state index contributed by atoms with van der Waals surface area (Å²) >= 11 is 5.58. The van der Waals surface area contributed by atoms with Gasteiger partial charge in [-0.05, 0) is 44.1 Å². The lowest BCUT2D eigenvalue weighted by Gasteiger charge is -2.31. The predicted octanol–water partition coefficient (Wildman–Crippen LogP) is 3.15. The van der Waals surface area contributed by atoms with Gasteiger partial charge in [0.2, 0.25) is 10.0 Å². The molecule has 2 rings (SSSR count). The van der Waals surface area contributed by atoms with E-state index in [0.29, 0.717) is 32.0 Å². The van der Waals surface area contributed by atoms with Gasteiger partial charge in [0, 0.05) is 18.1 Å². The molecule has 1 aromatic rings. The van der Waals surface area contributed by atoms with E-state index in [2.05, 4.69) is 5.32 Å². The summed E-state index contributed by atoms with van der Waals surface area (Å²) in [5.41, 5.74) is -1.24. The summed E-state index contributed by atoms with van der Waals surface area (Å²) in [6, 6.07) is 2.39. The maximum Gasteiger partial charge on any atom is 0.417 e. The van der Waals surface area contributed by atoms with Gasteiger partial charge in [0.25, 0.3) is 0 Å². The van der Waals surface area contributed by atoms with Crippen LogP contribution in [0.2, 0.25) is 5.02 Å². The van der Waals surface area contributed by atoms with Crippen LogP contribution in [0.15, 0.2) is 23.1 Å². The molecule has 1 aliphatic rings. The van der Waals surface area contributed by atoms with Gasteiger partial charge in [0.05, 0.1) is 10.5 Å². The lowest BCUT2D eigenvalue weighted by Crippen LogP contribution is -2.44. The Morgan fingerprint density at radius 2 is 1.83 bits per heavy atom. The third-order valence-corrected chi connectivity index (χ3v) is 5.93. The number of nitrogens with zero attached hydrogens (tertiary/aromatic N) is 1. The molecule has 1 saturated heterocycles. The molecule has 23 heavy (non-hydrogen) atoms. The Balaban J connectivity index is 0.00000264. The van der Waals surface area contributed by atoms with Crippen LogP contribution in [0, 0.1) is 0 Å². The largest absolute Gasteiger partial charge is 0.417 e. The summed E-state index contributed by atoms with van der Waals surface area (Å²) in [5, 5.41) is 2.93. The van der Waals surface area contributed by atoms with Crippen molar-refractivity contribution < 1.29 is 21.6 Å². The molecule has 132 valence electrons.